The summed E-state index contributed by atoms with van der Waals surface area (Å²) in [6.45, 7) is -0.263. The van der Waals surface area contributed by atoms with Crippen LogP contribution in [0.15, 0.2) is 47.6 Å². The first-order valence-corrected chi connectivity index (χ1v) is 8.44. The highest BCUT2D eigenvalue weighted by molar-refractivity contribution is 5.95. The van der Waals surface area contributed by atoms with E-state index in [9.17, 15) is 9.59 Å². The van der Waals surface area contributed by atoms with E-state index in [2.05, 4.69) is 10.5 Å². The average molecular weight is 385 g/mol. The Balaban J connectivity index is 1.88. The number of rotatable bonds is 8. The van der Waals surface area contributed by atoms with Gasteiger partial charge in [0.25, 0.3) is 11.8 Å². The standard InChI is InChI=1S/C20H23N3O5/c1-23(2)20(25)14-8-10-16(11-9-14)22-18(24)13-28-21-12-15-6-5-7-17(26-3)19(15)27-4/h5-12H,13H2,1-4H3,(H,22,24)/b21-12+. The number of benzene rings is 2. The van der Waals surface area contributed by atoms with Gasteiger partial charge < -0.3 is 24.5 Å². The Morgan fingerprint density at radius 2 is 1.79 bits per heavy atom. The second-order valence-electron chi connectivity index (χ2n) is 5.92. The molecule has 8 nitrogen and oxygen atoms in total. The van der Waals surface area contributed by atoms with Crippen molar-refractivity contribution in [3.63, 3.8) is 0 Å². The van der Waals surface area contributed by atoms with Gasteiger partial charge in [0.05, 0.1) is 20.4 Å². The predicted molar refractivity (Wildman–Crippen MR) is 106 cm³/mol. The summed E-state index contributed by atoms with van der Waals surface area (Å²) in [5.74, 6) is 0.611. The van der Waals surface area contributed by atoms with Gasteiger partial charge in [-0.3, -0.25) is 9.59 Å². The maximum absolute atomic E-state index is 11.9. The van der Waals surface area contributed by atoms with Gasteiger partial charge in [0.15, 0.2) is 18.1 Å². The number of ether oxygens (including phenoxy) is 2. The summed E-state index contributed by atoms with van der Waals surface area (Å²) in [4.78, 5) is 30.3. The Kier molecular flexibility index (Phi) is 7.38. The molecule has 0 saturated carbocycles. The molecule has 0 unspecified atom stereocenters. The Bertz CT molecular complexity index is 847. The van der Waals surface area contributed by atoms with Crippen molar-refractivity contribution in [1.29, 1.82) is 0 Å². The molecular formula is C20H23N3O5. The van der Waals surface area contributed by atoms with Crippen LogP contribution in [-0.4, -0.2) is 57.9 Å². The van der Waals surface area contributed by atoms with E-state index in [1.807, 2.05) is 0 Å². The van der Waals surface area contributed by atoms with Crippen LogP contribution in [0.1, 0.15) is 15.9 Å². The monoisotopic (exact) mass is 385 g/mol. The third-order valence-electron chi connectivity index (χ3n) is 3.72. The molecular weight excluding hydrogens is 362 g/mol. The van der Waals surface area contributed by atoms with Gasteiger partial charge >= 0.3 is 0 Å². The zero-order chi connectivity index (χ0) is 20.5. The van der Waals surface area contributed by atoms with Gasteiger partial charge in [-0.1, -0.05) is 11.2 Å². The number of anilines is 1. The minimum atomic E-state index is -0.374. The van der Waals surface area contributed by atoms with Crippen molar-refractivity contribution in [3.8, 4) is 11.5 Å². The highest BCUT2D eigenvalue weighted by atomic mass is 16.6. The Hall–Kier alpha value is -3.55. The van der Waals surface area contributed by atoms with E-state index in [4.69, 9.17) is 14.3 Å². The van der Waals surface area contributed by atoms with Crippen LogP contribution in [0.3, 0.4) is 0 Å². The van der Waals surface area contributed by atoms with Crippen LogP contribution < -0.4 is 14.8 Å². The molecule has 28 heavy (non-hydrogen) atoms. The SMILES string of the molecule is COc1cccc(/C=N/OCC(=O)Nc2ccc(C(=O)N(C)C)cc2)c1OC. The number of hydrogen-bond donors (Lipinski definition) is 1. The molecule has 0 aromatic heterocycles. The van der Waals surface area contributed by atoms with Gasteiger partial charge in [-0.25, -0.2) is 0 Å². The highest BCUT2D eigenvalue weighted by Crippen LogP contribution is 2.29. The first kappa shape index (κ1) is 20.8. The Morgan fingerprint density at radius 1 is 1.07 bits per heavy atom. The molecule has 2 amide bonds. The third-order valence-corrected chi connectivity index (χ3v) is 3.72. The summed E-state index contributed by atoms with van der Waals surface area (Å²) in [5, 5.41) is 6.46. The molecule has 0 fully saturated rings. The molecule has 2 aromatic rings. The highest BCUT2D eigenvalue weighted by Gasteiger charge is 2.09. The van der Waals surface area contributed by atoms with Gasteiger partial charge in [-0.05, 0) is 36.4 Å². The molecule has 2 aromatic carbocycles. The van der Waals surface area contributed by atoms with Crippen molar-refractivity contribution in [1.82, 2.24) is 4.90 Å². The molecule has 1 N–H and O–H groups in total. The zero-order valence-corrected chi connectivity index (χ0v) is 16.3. The molecule has 8 heteroatoms. The van der Waals surface area contributed by atoms with Gasteiger partial charge in [0, 0.05) is 30.9 Å². The van der Waals surface area contributed by atoms with Crippen LogP contribution in [0.4, 0.5) is 5.69 Å². The summed E-state index contributed by atoms with van der Waals surface area (Å²) >= 11 is 0. The summed E-state index contributed by atoms with van der Waals surface area (Å²) in [7, 11) is 6.43. The number of hydrogen-bond acceptors (Lipinski definition) is 6. The number of carbonyl (C=O) groups excluding carboxylic acids is 2. The van der Waals surface area contributed by atoms with Gasteiger partial charge in [0.2, 0.25) is 0 Å². The van der Waals surface area contributed by atoms with E-state index in [-0.39, 0.29) is 18.4 Å². The number of oxime groups is 1. The fourth-order valence-electron chi connectivity index (χ4n) is 2.36. The Morgan fingerprint density at radius 3 is 2.39 bits per heavy atom. The first-order valence-electron chi connectivity index (χ1n) is 8.44. The number of nitrogens with zero attached hydrogens (tertiary/aromatic N) is 2. The maximum Gasteiger partial charge on any atom is 0.265 e. The summed E-state index contributed by atoms with van der Waals surface area (Å²) in [5.41, 5.74) is 1.75. The van der Waals surface area contributed by atoms with E-state index >= 15 is 0 Å². The average Bonchev–Trinajstić information content (AvgIpc) is 2.70. The smallest absolute Gasteiger partial charge is 0.265 e. The minimum absolute atomic E-state index is 0.108. The van der Waals surface area contributed by atoms with Crippen LogP contribution in [0, 0.1) is 0 Å². The lowest BCUT2D eigenvalue weighted by Gasteiger charge is -2.11. The molecule has 0 radical (unpaired) electrons. The number of nitrogens with one attached hydrogen (secondary N) is 1. The summed E-state index contributed by atoms with van der Waals surface area (Å²) in [6.07, 6.45) is 1.44. The van der Waals surface area contributed by atoms with Crippen LogP contribution in [0.2, 0.25) is 0 Å². The largest absolute Gasteiger partial charge is 0.493 e. The van der Waals surface area contributed by atoms with Crippen molar-refractivity contribution in [2.75, 3.05) is 40.2 Å². The van der Waals surface area contributed by atoms with E-state index < -0.39 is 0 Å². The van der Waals surface area contributed by atoms with Crippen LogP contribution >= 0.6 is 0 Å². The van der Waals surface area contributed by atoms with Crippen molar-refractivity contribution < 1.29 is 23.9 Å². The molecule has 0 heterocycles. The minimum Gasteiger partial charge on any atom is -0.493 e. The second-order valence-corrected chi connectivity index (χ2v) is 5.92. The summed E-state index contributed by atoms with van der Waals surface area (Å²) in [6, 6.07) is 11.9. The second kappa shape index (κ2) is 9.96. The lowest BCUT2D eigenvalue weighted by Crippen LogP contribution is -2.21. The number of amides is 2. The van der Waals surface area contributed by atoms with E-state index in [0.29, 0.717) is 28.3 Å². The van der Waals surface area contributed by atoms with Crippen LogP contribution in [-0.2, 0) is 9.63 Å². The molecule has 2 rings (SSSR count). The maximum atomic E-state index is 11.9. The molecule has 0 aliphatic carbocycles. The van der Waals surface area contributed by atoms with Gasteiger partial charge in [-0.2, -0.15) is 0 Å². The molecule has 0 atom stereocenters. The first-order chi connectivity index (χ1) is 13.5. The zero-order valence-electron chi connectivity index (χ0n) is 16.3. The van der Waals surface area contributed by atoms with Crippen LogP contribution in [0.25, 0.3) is 0 Å². The normalized spacial score (nSPS) is 10.4. The number of methoxy groups -OCH3 is 2. The molecule has 148 valence electrons. The fraction of sp³-hybridized carbons (Fsp3) is 0.250. The van der Waals surface area contributed by atoms with E-state index in [1.54, 1.807) is 63.7 Å². The van der Waals surface area contributed by atoms with Crippen molar-refractivity contribution >= 4 is 23.7 Å². The van der Waals surface area contributed by atoms with Crippen molar-refractivity contribution in [2.24, 2.45) is 5.16 Å². The lowest BCUT2D eigenvalue weighted by atomic mass is 10.2. The molecule has 0 saturated heterocycles. The molecule has 0 aliphatic heterocycles. The van der Waals surface area contributed by atoms with E-state index in [1.165, 1.54) is 18.2 Å². The van der Waals surface area contributed by atoms with Crippen molar-refractivity contribution in [2.45, 2.75) is 0 Å². The topological polar surface area (TPSA) is 89.5 Å². The number of carbonyl (C=O) groups is 2. The summed E-state index contributed by atoms with van der Waals surface area (Å²) < 4.78 is 10.5. The van der Waals surface area contributed by atoms with E-state index in [0.717, 1.165) is 0 Å². The Labute approximate surface area is 163 Å². The predicted octanol–water partition coefficient (Wildman–Crippen LogP) is 2.39. The molecule has 0 aliphatic rings. The van der Waals surface area contributed by atoms with Gasteiger partial charge in [0.1, 0.15) is 0 Å². The number of para-hydroxylation sites is 1. The quantitative estimate of drug-likeness (QED) is 0.557. The van der Waals surface area contributed by atoms with Gasteiger partial charge in [-0.15, -0.1) is 0 Å². The lowest BCUT2D eigenvalue weighted by molar-refractivity contribution is -0.120. The molecule has 0 spiro atoms. The fourth-order valence-corrected chi connectivity index (χ4v) is 2.36. The molecule has 0 bridgehead atoms. The van der Waals surface area contributed by atoms with Crippen LogP contribution in [0.5, 0.6) is 11.5 Å². The van der Waals surface area contributed by atoms with Crippen molar-refractivity contribution in [3.05, 3.63) is 53.6 Å². The third kappa shape index (κ3) is 5.47.